The van der Waals surface area contributed by atoms with E-state index in [9.17, 15) is 29.0 Å². The Morgan fingerprint density at radius 1 is 0.941 bits per heavy atom. The molecule has 0 bridgehead atoms. The van der Waals surface area contributed by atoms with Crippen LogP contribution in [0.4, 0.5) is 4.39 Å². The lowest BCUT2D eigenvalue weighted by molar-refractivity contribution is -0.154. The Morgan fingerprint density at radius 2 is 1.68 bits per heavy atom. The number of likely N-dealkylation sites (tertiary alicyclic amines) is 1. The van der Waals surface area contributed by atoms with E-state index < -0.39 is 43.4 Å². The van der Waals surface area contributed by atoms with Gasteiger partial charge in [-0.3, -0.25) is 23.7 Å². The Labute approximate surface area is 401 Å². The number of rotatable bonds is 14. The molecular weight excluding hydrogens is 903 g/mol. The summed E-state index contributed by atoms with van der Waals surface area (Å²) in [6.45, 7) is 2.10. The van der Waals surface area contributed by atoms with Gasteiger partial charge in [-0.2, -0.15) is 5.26 Å². The first kappa shape index (κ1) is 46.6. The van der Waals surface area contributed by atoms with E-state index in [-0.39, 0.29) is 64.7 Å². The number of thiophene rings is 1. The van der Waals surface area contributed by atoms with Crippen LogP contribution in [0, 0.1) is 17.2 Å². The summed E-state index contributed by atoms with van der Waals surface area (Å²) >= 11 is 1.20. The van der Waals surface area contributed by atoms with Gasteiger partial charge in [0.05, 0.1) is 10.9 Å². The second kappa shape index (κ2) is 19.0. The number of fused-ring (bicyclic) bond motifs is 2. The predicted molar refractivity (Wildman–Crippen MR) is 257 cm³/mol. The number of amides is 3. The summed E-state index contributed by atoms with van der Waals surface area (Å²) in [6, 6.07) is 24.8. The SMILES string of the molecule is C[C@H](NP(=O)(Oc1ccccc1)[C@H](F)c1ccc2sc(C(=O)N[C@H]3CC[C@H](N(C)C4CC(C#N)C4)C[C@H]4CC[C@@H](C(=O)N5C[C@H](c6ccccc6)CC56CC6)N4C3=O)cc2c1)C(=O)OC1CCC1. The Kier molecular flexibility index (Phi) is 13.0. The molecule has 3 saturated carbocycles. The van der Waals surface area contributed by atoms with Gasteiger partial charge in [0.1, 0.15) is 30.0 Å². The number of alkyl halides is 1. The van der Waals surface area contributed by atoms with E-state index in [2.05, 4.69) is 45.5 Å². The number of benzene rings is 3. The lowest BCUT2D eigenvalue weighted by Gasteiger charge is -2.46. The summed E-state index contributed by atoms with van der Waals surface area (Å²) in [6.07, 6.45) is 9.68. The van der Waals surface area contributed by atoms with Crippen molar-refractivity contribution in [2.75, 3.05) is 13.6 Å². The van der Waals surface area contributed by atoms with Crippen molar-refractivity contribution in [2.45, 2.75) is 150 Å². The third-order valence-corrected chi connectivity index (χ3v) is 19.0. The van der Waals surface area contributed by atoms with Crippen molar-refractivity contribution in [1.82, 2.24) is 25.1 Å². The topological polar surface area (TPSA) is 161 Å². The number of nitrogens with zero attached hydrogens (tertiary/aromatic N) is 4. The third kappa shape index (κ3) is 9.22. The van der Waals surface area contributed by atoms with Gasteiger partial charge in [0.2, 0.25) is 17.7 Å². The smallest absolute Gasteiger partial charge is 0.355 e. The molecule has 3 aromatic carbocycles. The van der Waals surface area contributed by atoms with Crippen LogP contribution < -0.4 is 14.9 Å². The third-order valence-electron chi connectivity index (χ3n) is 15.8. The highest BCUT2D eigenvalue weighted by Crippen LogP contribution is 2.58. The number of ether oxygens (including phenoxy) is 1. The van der Waals surface area contributed by atoms with Gasteiger partial charge in [0.15, 0.2) is 0 Å². The van der Waals surface area contributed by atoms with Crippen molar-refractivity contribution in [3.8, 4) is 11.8 Å². The van der Waals surface area contributed by atoms with E-state index in [0.29, 0.717) is 53.6 Å². The minimum Gasteiger partial charge on any atom is -0.461 e. The zero-order valence-electron chi connectivity index (χ0n) is 38.6. The first-order chi connectivity index (χ1) is 32.8. The van der Waals surface area contributed by atoms with E-state index in [1.165, 1.54) is 36.0 Å². The van der Waals surface area contributed by atoms with Crippen molar-refractivity contribution >= 4 is 52.6 Å². The molecule has 4 aromatic rings. The van der Waals surface area contributed by atoms with E-state index in [4.69, 9.17) is 9.26 Å². The molecule has 3 amide bonds. The average Bonchev–Trinajstić information content (AvgIpc) is 3.59. The van der Waals surface area contributed by atoms with Gasteiger partial charge in [0.25, 0.3) is 5.91 Å². The van der Waals surface area contributed by atoms with Crippen LogP contribution in [0.5, 0.6) is 5.75 Å². The van der Waals surface area contributed by atoms with Gasteiger partial charge in [-0.25, -0.2) is 9.48 Å². The molecule has 3 aliphatic carbocycles. The maximum atomic E-state index is 16.8. The second-order valence-corrected chi connectivity index (χ2v) is 23.3. The van der Waals surface area contributed by atoms with Crippen LogP contribution in [0.15, 0.2) is 84.9 Å². The van der Waals surface area contributed by atoms with Crippen LogP contribution in [-0.2, 0) is 23.7 Å². The monoisotopic (exact) mass is 962 g/mol. The molecule has 1 unspecified atom stereocenters. The summed E-state index contributed by atoms with van der Waals surface area (Å²) < 4.78 is 43.4. The lowest BCUT2D eigenvalue weighted by Crippen LogP contribution is -2.59. The van der Waals surface area contributed by atoms with Crippen molar-refractivity contribution in [3.05, 3.63) is 101 Å². The summed E-state index contributed by atoms with van der Waals surface area (Å²) in [4.78, 5) is 63.7. The quantitative estimate of drug-likeness (QED) is 0.0922. The van der Waals surface area contributed by atoms with E-state index in [0.717, 1.165) is 51.4 Å². The van der Waals surface area contributed by atoms with Crippen LogP contribution in [0.2, 0.25) is 0 Å². The predicted octanol–water partition coefficient (Wildman–Crippen LogP) is 9.01. The molecule has 13 nitrogen and oxygen atoms in total. The fraction of sp³-hybridized carbons (Fsp3) is 0.519. The van der Waals surface area contributed by atoms with Gasteiger partial charge in [-0.1, -0.05) is 54.6 Å². The number of nitriles is 1. The molecule has 1 spiro atoms. The molecular formula is C52H60FN6O7PS. The molecule has 10 rings (SSSR count). The van der Waals surface area contributed by atoms with Crippen molar-refractivity contribution < 1.29 is 37.4 Å². The highest BCUT2D eigenvalue weighted by atomic mass is 32.1. The zero-order chi connectivity index (χ0) is 47.3. The normalized spacial score (nSPS) is 28.3. The maximum Gasteiger partial charge on any atom is 0.355 e. The number of nitrogens with one attached hydrogen (secondary N) is 2. The summed E-state index contributed by atoms with van der Waals surface area (Å²) in [5.74, 6) is -3.09. The second-order valence-electron chi connectivity index (χ2n) is 20.2. The number of para-hydroxylation sites is 1. The van der Waals surface area contributed by atoms with Gasteiger partial charge >= 0.3 is 13.5 Å². The fourth-order valence-electron chi connectivity index (χ4n) is 11.3. The minimum absolute atomic E-state index is 0.00615. The van der Waals surface area contributed by atoms with Crippen molar-refractivity contribution in [1.29, 1.82) is 5.26 Å². The fourth-order valence-corrected chi connectivity index (χ4v) is 14.2. The Bertz CT molecular complexity index is 2630. The Hall–Kier alpha value is -5.13. The number of hydrogen-bond acceptors (Lipinski definition) is 10. The molecule has 68 heavy (non-hydrogen) atoms. The van der Waals surface area contributed by atoms with Crippen LogP contribution in [0.1, 0.15) is 123 Å². The number of carbonyl (C=O) groups excluding carboxylic acids is 4. The van der Waals surface area contributed by atoms with Gasteiger partial charge in [-0.05, 0) is 144 Å². The van der Waals surface area contributed by atoms with Crippen LogP contribution in [-0.4, -0.2) is 99.9 Å². The molecule has 6 fully saturated rings. The highest BCUT2D eigenvalue weighted by Gasteiger charge is 2.59. The molecule has 0 radical (unpaired) electrons. The maximum absolute atomic E-state index is 16.8. The van der Waals surface area contributed by atoms with Gasteiger partial charge in [-0.15, -0.1) is 11.3 Å². The van der Waals surface area contributed by atoms with E-state index in [1.54, 1.807) is 42.5 Å². The molecule has 1 aromatic heterocycles. The summed E-state index contributed by atoms with van der Waals surface area (Å²) in [5.41, 5.74) is 1.09. The largest absolute Gasteiger partial charge is 0.461 e. The van der Waals surface area contributed by atoms with Crippen molar-refractivity contribution in [3.63, 3.8) is 0 Å². The Morgan fingerprint density at radius 3 is 2.37 bits per heavy atom. The molecule has 8 atom stereocenters. The van der Waals surface area contributed by atoms with Crippen LogP contribution >= 0.6 is 18.9 Å². The molecule has 16 heteroatoms. The molecule has 3 saturated heterocycles. The van der Waals surface area contributed by atoms with E-state index >= 15 is 4.39 Å². The lowest BCUT2D eigenvalue weighted by atomic mass is 9.79. The first-order valence-corrected chi connectivity index (χ1v) is 26.9. The molecule has 2 N–H and O–H groups in total. The van der Waals surface area contributed by atoms with Gasteiger partial charge in [0, 0.05) is 46.7 Å². The standard InChI is InChI=1S/C52H60FN6O7PS/c1-32(51(63)65-41-14-9-15-41)56-67(64,66-42-12-7-4-8-13-42)47(53)35-16-21-45-36(26-35)27-46(68-45)48(60)55-43-19-17-38(57(2)40-24-33(25-40)30-54)28-39-18-20-44(59(39)49(43)61)50(62)58-31-37(29-52(58)22-23-52)34-10-5-3-6-11-34/h3-8,10-13,16,21,26-27,32-33,37-41,43-44,47H,9,14-15,17-20,22-25,28-29,31H2,1-2H3,(H,55,60)(H,56,64)/t32-,33?,37+,38-,39+,40?,43-,44-,47-,67?/m0/s1. The first-order valence-electron chi connectivity index (χ1n) is 24.4. The molecule has 358 valence electrons. The Balaban J connectivity index is 0.886. The van der Waals surface area contributed by atoms with Crippen LogP contribution in [0.25, 0.3) is 10.1 Å². The highest BCUT2D eigenvalue weighted by molar-refractivity contribution is 7.57. The zero-order valence-corrected chi connectivity index (χ0v) is 40.3. The summed E-state index contributed by atoms with van der Waals surface area (Å²) in [7, 11) is -2.37. The van der Waals surface area contributed by atoms with Crippen molar-refractivity contribution in [2.24, 2.45) is 5.92 Å². The molecule has 3 aliphatic heterocycles. The van der Waals surface area contributed by atoms with Gasteiger partial charge < -0.3 is 29.3 Å². The number of hydrogen-bond donors (Lipinski definition) is 2. The summed E-state index contributed by atoms with van der Waals surface area (Å²) in [5, 5.41) is 15.8. The molecule has 4 heterocycles. The van der Waals surface area contributed by atoms with E-state index in [1.807, 2.05) is 23.1 Å². The van der Waals surface area contributed by atoms with Crippen LogP contribution in [0.3, 0.4) is 0 Å². The number of halogens is 1. The number of esters is 1. The average molecular weight is 963 g/mol. The number of carbonyl (C=O) groups is 4. The molecule has 6 aliphatic rings. The minimum atomic E-state index is -4.48.